The Labute approximate surface area is 145 Å². The smallest absolute Gasteiger partial charge is 0.165 e. The molecule has 1 heterocycles. The second-order valence-corrected chi connectivity index (χ2v) is 9.30. The third kappa shape index (κ3) is 4.03. The van der Waals surface area contributed by atoms with Crippen molar-refractivity contribution in [1.82, 2.24) is 5.32 Å². The van der Waals surface area contributed by atoms with Gasteiger partial charge in [0.05, 0.1) is 13.2 Å². The molecule has 0 fully saturated rings. The van der Waals surface area contributed by atoms with Gasteiger partial charge in [-0.3, -0.25) is 5.32 Å². The summed E-state index contributed by atoms with van der Waals surface area (Å²) in [6, 6.07) is 5.71. The van der Waals surface area contributed by atoms with Crippen LogP contribution in [0.4, 0.5) is 0 Å². The zero-order valence-corrected chi connectivity index (χ0v) is 16.1. The standard InChI is InChI=1S/C18H29NO4S/c1-6-8-17(24(20,21)7-2)19-16-11-13-9-10-14(22-5)12-15(13)23-18(16,3)4/h9-10,12,16-17,19H,6-8,11H2,1-5H3. The lowest BCUT2D eigenvalue weighted by atomic mass is 9.88. The molecule has 0 aliphatic carbocycles. The van der Waals surface area contributed by atoms with E-state index in [9.17, 15) is 8.42 Å². The molecule has 6 heteroatoms. The third-order valence-electron chi connectivity index (χ3n) is 4.68. The highest BCUT2D eigenvalue weighted by Gasteiger charge is 2.39. The molecule has 2 rings (SSSR count). The monoisotopic (exact) mass is 355 g/mol. The minimum atomic E-state index is -3.15. The van der Waals surface area contributed by atoms with Gasteiger partial charge in [-0.15, -0.1) is 0 Å². The molecule has 24 heavy (non-hydrogen) atoms. The van der Waals surface area contributed by atoms with Crippen LogP contribution in [-0.4, -0.2) is 38.3 Å². The van der Waals surface area contributed by atoms with Crippen LogP contribution in [0.3, 0.4) is 0 Å². The summed E-state index contributed by atoms with van der Waals surface area (Å²) in [5, 5.41) is 2.84. The van der Waals surface area contributed by atoms with Gasteiger partial charge >= 0.3 is 0 Å². The maximum absolute atomic E-state index is 12.4. The molecule has 2 unspecified atom stereocenters. The van der Waals surface area contributed by atoms with E-state index < -0.39 is 20.8 Å². The summed E-state index contributed by atoms with van der Waals surface area (Å²) in [6.07, 6.45) is 2.16. The van der Waals surface area contributed by atoms with Crippen molar-refractivity contribution in [1.29, 1.82) is 0 Å². The highest BCUT2D eigenvalue weighted by atomic mass is 32.2. The van der Waals surface area contributed by atoms with Crippen molar-refractivity contribution in [3.05, 3.63) is 23.8 Å². The number of methoxy groups -OCH3 is 1. The van der Waals surface area contributed by atoms with Crippen LogP contribution in [-0.2, 0) is 16.3 Å². The molecule has 0 amide bonds. The van der Waals surface area contributed by atoms with Crippen molar-refractivity contribution in [2.45, 2.75) is 64.0 Å². The molecule has 0 radical (unpaired) electrons. The molecule has 2 atom stereocenters. The average molecular weight is 356 g/mol. The number of rotatable bonds is 7. The van der Waals surface area contributed by atoms with Crippen molar-refractivity contribution in [3.63, 3.8) is 0 Å². The van der Waals surface area contributed by atoms with Crippen molar-refractivity contribution in [2.24, 2.45) is 0 Å². The third-order valence-corrected chi connectivity index (χ3v) is 6.73. The van der Waals surface area contributed by atoms with Crippen LogP contribution in [0, 0.1) is 0 Å². The van der Waals surface area contributed by atoms with Gasteiger partial charge in [-0.2, -0.15) is 0 Å². The van der Waals surface area contributed by atoms with Crippen molar-refractivity contribution < 1.29 is 17.9 Å². The van der Waals surface area contributed by atoms with Gasteiger partial charge in [0.2, 0.25) is 0 Å². The van der Waals surface area contributed by atoms with Gasteiger partial charge in [-0.1, -0.05) is 26.3 Å². The van der Waals surface area contributed by atoms with Crippen LogP contribution < -0.4 is 14.8 Å². The van der Waals surface area contributed by atoms with E-state index >= 15 is 0 Å². The molecule has 5 nitrogen and oxygen atoms in total. The Bertz CT molecular complexity index is 670. The zero-order chi connectivity index (χ0) is 18.0. The van der Waals surface area contributed by atoms with Gasteiger partial charge in [-0.05, 0) is 38.3 Å². The molecule has 1 aromatic carbocycles. The molecule has 1 aliphatic rings. The van der Waals surface area contributed by atoms with E-state index in [4.69, 9.17) is 9.47 Å². The average Bonchev–Trinajstić information content (AvgIpc) is 2.53. The summed E-state index contributed by atoms with van der Waals surface area (Å²) in [6.45, 7) is 7.69. The summed E-state index contributed by atoms with van der Waals surface area (Å²) in [5.41, 5.74) is 0.561. The molecule has 1 N–H and O–H groups in total. The first-order chi connectivity index (χ1) is 11.2. The first-order valence-electron chi connectivity index (χ1n) is 8.57. The van der Waals surface area contributed by atoms with Crippen LogP contribution >= 0.6 is 0 Å². The van der Waals surface area contributed by atoms with Gasteiger partial charge in [0.1, 0.15) is 22.5 Å². The Morgan fingerprint density at radius 3 is 2.67 bits per heavy atom. The predicted octanol–water partition coefficient (Wildman–Crippen LogP) is 2.93. The van der Waals surface area contributed by atoms with E-state index in [2.05, 4.69) is 5.32 Å². The van der Waals surface area contributed by atoms with Gasteiger partial charge in [0, 0.05) is 11.8 Å². The quantitative estimate of drug-likeness (QED) is 0.815. The van der Waals surface area contributed by atoms with Crippen LogP contribution in [0.5, 0.6) is 11.5 Å². The topological polar surface area (TPSA) is 64.6 Å². The lowest BCUT2D eigenvalue weighted by molar-refractivity contribution is 0.0463. The van der Waals surface area contributed by atoms with Crippen molar-refractivity contribution in [3.8, 4) is 11.5 Å². The van der Waals surface area contributed by atoms with Crippen LogP contribution in [0.15, 0.2) is 18.2 Å². The summed E-state index contributed by atoms with van der Waals surface area (Å²) in [5.74, 6) is 1.71. The molecule has 136 valence electrons. The fraction of sp³-hybridized carbons (Fsp3) is 0.667. The van der Waals surface area contributed by atoms with Crippen LogP contribution in [0.1, 0.15) is 46.1 Å². The summed E-state index contributed by atoms with van der Waals surface area (Å²) >= 11 is 0. The Morgan fingerprint density at radius 2 is 2.08 bits per heavy atom. The molecule has 1 aliphatic heterocycles. The van der Waals surface area contributed by atoms with E-state index in [0.717, 1.165) is 29.9 Å². The lowest BCUT2D eigenvalue weighted by Gasteiger charge is -2.42. The predicted molar refractivity (Wildman–Crippen MR) is 96.5 cm³/mol. The number of nitrogens with one attached hydrogen (secondary N) is 1. The molecule has 0 spiro atoms. The van der Waals surface area contributed by atoms with E-state index in [0.29, 0.717) is 6.42 Å². The number of hydrogen-bond acceptors (Lipinski definition) is 5. The maximum atomic E-state index is 12.4. The molecular formula is C18H29NO4S. The highest BCUT2D eigenvalue weighted by molar-refractivity contribution is 7.91. The summed E-state index contributed by atoms with van der Waals surface area (Å²) in [4.78, 5) is 0. The molecular weight excluding hydrogens is 326 g/mol. The molecule has 1 aromatic rings. The Kier molecular flexibility index (Phi) is 5.81. The summed E-state index contributed by atoms with van der Waals surface area (Å²) in [7, 11) is -1.52. The zero-order valence-electron chi connectivity index (χ0n) is 15.3. The van der Waals surface area contributed by atoms with E-state index in [1.807, 2.05) is 39.0 Å². The van der Waals surface area contributed by atoms with Crippen LogP contribution in [0.2, 0.25) is 0 Å². The first-order valence-corrected chi connectivity index (χ1v) is 10.3. The fourth-order valence-corrected chi connectivity index (χ4v) is 4.43. The van der Waals surface area contributed by atoms with Crippen molar-refractivity contribution in [2.75, 3.05) is 12.9 Å². The van der Waals surface area contributed by atoms with Gasteiger partial charge in [0.25, 0.3) is 0 Å². The van der Waals surface area contributed by atoms with Crippen molar-refractivity contribution >= 4 is 9.84 Å². The van der Waals surface area contributed by atoms with Crippen LogP contribution in [0.25, 0.3) is 0 Å². The molecule has 0 aromatic heterocycles. The minimum Gasteiger partial charge on any atom is -0.497 e. The van der Waals surface area contributed by atoms with E-state index in [1.165, 1.54) is 0 Å². The largest absolute Gasteiger partial charge is 0.497 e. The first kappa shape index (κ1) is 19.1. The van der Waals surface area contributed by atoms with Gasteiger partial charge < -0.3 is 9.47 Å². The number of sulfone groups is 1. The second-order valence-electron chi connectivity index (χ2n) is 6.83. The van der Waals surface area contributed by atoms with E-state index in [1.54, 1.807) is 14.0 Å². The Morgan fingerprint density at radius 1 is 1.38 bits per heavy atom. The molecule has 0 bridgehead atoms. The Hall–Kier alpha value is -1.27. The highest BCUT2D eigenvalue weighted by Crippen LogP contribution is 2.36. The second kappa shape index (κ2) is 7.31. The molecule has 0 saturated heterocycles. The Balaban J connectivity index is 2.26. The fourth-order valence-electron chi connectivity index (χ4n) is 3.06. The molecule has 0 saturated carbocycles. The number of fused-ring (bicyclic) bond motifs is 1. The number of benzene rings is 1. The maximum Gasteiger partial charge on any atom is 0.165 e. The lowest BCUT2D eigenvalue weighted by Crippen LogP contribution is -2.58. The normalized spacial score (nSPS) is 20.8. The number of ether oxygens (including phenoxy) is 2. The SMILES string of the molecule is CCCC(NC1Cc2ccc(OC)cc2OC1(C)C)S(=O)(=O)CC. The minimum absolute atomic E-state index is 0.0729. The van der Waals surface area contributed by atoms with E-state index in [-0.39, 0.29) is 11.8 Å². The van der Waals surface area contributed by atoms with Gasteiger partial charge in [-0.25, -0.2) is 8.42 Å². The van der Waals surface area contributed by atoms with Gasteiger partial charge in [0.15, 0.2) is 9.84 Å². The number of hydrogen-bond donors (Lipinski definition) is 1. The summed E-state index contributed by atoms with van der Waals surface area (Å²) < 4.78 is 36.2.